The standard InChI is InChI=1S/C16H14BrN3/c17-15-3-1-2-12(8-15)10-20-11-14(9-19-20)13-4-6-16(18)7-5-13/h1-9,11H,10,18H2. The number of nitrogens with two attached hydrogens (primary N) is 1. The lowest BCUT2D eigenvalue weighted by Crippen LogP contribution is -1.99. The van der Waals surface area contributed by atoms with Gasteiger partial charge in [-0.3, -0.25) is 4.68 Å². The van der Waals surface area contributed by atoms with Gasteiger partial charge in [0.1, 0.15) is 0 Å². The Bertz CT molecular complexity index is 717. The Morgan fingerprint density at radius 3 is 2.60 bits per heavy atom. The number of hydrogen-bond donors (Lipinski definition) is 1. The van der Waals surface area contributed by atoms with Crippen molar-refractivity contribution in [2.75, 3.05) is 5.73 Å². The second-order valence-electron chi connectivity index (χ2n) is 4.68. The Kier molecular flexibility index (Phi) is 3.56. The predicted molar refractivity (Wildman–Crippen MR) is 85.3 cm³/mol. The highest BCUT2D eigenvalue weighted by molar-refractivity contribution is 9.10. The molecule has 0 amide bonds. The maximum absolute atomic E-state index is 5.70. The molecule has 0 spiro atoms. The van der Waals surface area contributed by atoms with Crippen molar-refractivity contribution >= 4 is 21.6 Å². The van der Waals surface area contributed by atoms with Crippen LogP contribution in [0.2, 0.25) is 0 Å². The second-order valence-corrected chi connectivity index (χ2v) is 5.59. The van der Waals surface area contributed by atoms with Crippen LogP contribution in [-0.2, 0) is 6.54 Å². The van der Waals surface area contributed by atoms with Crippen molar-refractivity contribution in [3.63, 3.8) is 0 Å². The average molecular weight is 328 g/mol. The van der Waals surface area contributed by atoms with Gasteiger partial charge in [0.15, 0.2) is 0 Å². The van der Waals surface area contributed by atoms with Gasteiger partial charge in [-0.25, -0.2) is 0 Å². The van der Waals surface area contributed by atoms with Crippen LogP contribution in [0.1, 0.15) is 5.56 Å². The van der Waals surface area contributed by atoms with Crippen molar-refractivity contribution < 1.29 is 0 Å². The molecular weight excluding hydrogens is 314 g/mol. The van der Waals surface area contributed by atoms with Crippen LogP contribution in [-0.4, -0.2) is 9.78 Å². The summed E-state index contributed by atoms with van der Waals surface area (Å²) < 4.78 is 3.02. The molecule has 1 aromatic heterocycles. The van der Waals surface area contributed by atoms with Crippen LogP contribution < -0.4 is 5.73 Å². The molecular formula is C16H14BrN3. The van der Waals surface area contributed by atoms with E-state index in [2.05, 4.69) is 33.2 Å². The van der Waals surface area contributed by atoms with E-state index in [1.807, 2.05) is 53.5 Å². The SMILES string of the molecule is Nc1ccc(-c2cnn(Cc3cccc(Br)c3)c2)cc1. The lowest BCUT2D eigenvalue weighted by molar-refractivity contribution is 0.687. The molecule has 0 aliphatic heterocycles. The van der Waals surface area contributed by atoms with E-state index in [9.17, 15) is 0 Å². The molecule has 2 aromatic carbocycles. The average Bonchev–Trinajstić information content (AvgIpc) is 2.88. The van der Waals surface area contributed by atoms with E-state index >= 15 is 0 Å². The summed E-state index contributed by atoms with van der Waals surface area (Å²) in [7, 11) is 0. The highest BCUT2D eigenvalue weighted by Crippen LogP contribution is 2.20. The summed E-state index contributed by atoms with van der Waals surface area (Å²) in [5.41, 5.74) is 9.91. The molecule has 0 saturated heterocycles. The van der Waals surface area contributed by atoms with Crippen LogP contribution >= 0.6 is 15.9 Å². The normalized spacial score (nSPS) is 10.7. The number of aromatic nitrogens is 2. The first-order chi connectivity index (χ1) is 9.70. The largest absolute Gasteiger partial charge is 0.399 e. The maximum atomic E-state index is 5.70. The molecule has 0 radical (unpaired) electrons. The molecule has 0 aliphatic carbocycles. The lowest BCUT2D eigenvalue weighted by atomic mass is 10.1. The van der Waals surface area contributed by atoms with Crippen LogP contribution in [0.25, 0.3) is 11.1 Å². The van der Waals surface area contributed by atoms with Crippen molar-refractivity contribution in [1.29, 1.82) is 0 Å². The van der Waals surface area contributed by atoms with Crippen LogP contribution in [0.4, 0.5) is 5.69 Å². The van der Waals surface area contributed by atoms with Gasteiger partial charge in [-0.2, -0.15) is 5.10 Å². The molecule has 0 saturated carbocycles. The minimum Gasteiger partial charge on any atom is -0.399 e. The fraction of sp³-hybridized carbons (Fsp3) is 0.0625. The Labute approximate surface area is 126 Å². The molecule has 0 atom stereocenters. The quantitative estimate of drug-likeness (QED) is 0.740. The Morgan fingerprint density at radius 1 is 1.05 bits per heavy atom. The molecule has 1 heterocycles. The fourth-order valence-corrected chi connectivity index (χ4v) is 2.54. The second kappa shape index (κ2) is 5.51. The molecule has 2 N–H and O–H groups in total. The third kappa shape index (κ3) is 2.91. The Hall–Kier alpha value is -2.07. The molecule has 0 unspecified atom stereocenters. The van der Waals surface area contributed by atoms with E-state index in [-0.39, 0.29) is 0 Å². The van der Waals surface area contributed by atoms with Crippen molar-refractivity contribution in [3.8, 4) is 11.1 Å². The van der Waals surface area contributed by atoms with E-state index in [1.54, 1.807) is 0 Å². The molecule has 3 rings (SSSR count). The minimum absolute atomic E-state index is 0.758. The summed E-state index contributed by atoms with van der Waals surface area (Å²) in [6, 6.07) is 16.1. The van der Waals surface area contributed by atoms with Crippen LogP contribution in [0.5, 0.6) is 0 Å². The molecule has 100 valence electrons. The predicted octanol–water partition coefficient (Wildman–Crippen LogP) is 3.94. The smallest absolute Gasteiger partial charge is 0.0660 e. The minimum atomic E-state index is 0.758. The van der Waals surface area contributed by atoms with Gasteiger partial charge >= 0.3 is 0 Å². The first-order valence-electron chi connectivity index (χ1n) is 6.33. The highest BCUT2D eigenvalue weighted by Gasteiger charge is 2.02. The number of benzene rings is 2. The van der Waals surface area contributed by atoms with Crippen LogP contribution in [0.15, 0.2) is 65.4 Å². The summed E-state index contributed by atoms with van der Waals surface area (Å²) in [5, 5.41) is 4.41. The van der Waals surface area contributed by atoms with Crippen molar-refractivity contribution in [2.24, 2.45) is 0 Å². The van der Waals surface area contributed by atoms with Gasteiger partial charge in [0.25, 0.3) is 0 Å². The highest BCUT2D eigenvalue weighted by atomic mass is 79.9. The monoisotopic (exact) mass is 327 g/mol. The zero-order chi connectivity index (χ0) is 13.9. The number of rotatable bonds is 3. The van der Waals surface area contributed by atoms with Gasteiger partial charge in [-0.05, 0) is 35.4 Å². The zero-order valence-electron chi connectivity index (χ0n) is 10.8. The first kappa shape index (κ1) is 12.9. The van der Waals surface area contributed by atoms with E-state index in [0.29, 0.717) is 0 Å². The van der Waals surface area contributed by atoms with Gasteiger partial charge in [-0.15, -0.1) is 0 Å². The summed E-state index contributed by atoms with van der Waals surface area (Å²) >= 11 is 3.48. The number of nitrogens with zero attached hydrogens (tertiary/aromatic N) is 2. The number of anilines is 1. The Morgan fingerprint density at radius 2 is 1.85 bits per heavy atom. The maximum Gasteiger partial charge on any atom is 0.0660 e. The molecule has 0 aliphatic rings. The molecule has 3 aromatic rings. The Balaban J connectivity index is 1.82. The van der Waals surface area contributed by atoms with E-state index in [4.69, 9.17) is 5.73 Å². The summed E-state index contributed by atoms with van der Waals surface area (Å²) in [4.78, 5) is 0. The van der Waals surface area contributed by atoms with E-state index < -0.39 is 0 Å². The van der Waals surface area contributed by atoms with Crippen molar-refractivity contribution in [2.45, 2.75) is 6.54 Å². The molecule has 0 bridgehead atoms. The summed E-state index contributed by atoms with van der Waals surface area (Å²) in [5.74, 6) is 0. The van der Waals surface area contributed by atoms with E-state index in [0.717, 1.165) is 27.8 Å². The molecule has 20 heavy (non-hydrogen) atoms. The van der Waals surface area contributed by atoms with Gasteiger partial charge < -0.3 is 5.73 Å². The van der Waals surface area contributed by atoms with Gasteiger partial charge in [-0.1, -0.05) is 40.2 Å². The summed E-state index contributed by atoms with van der Waals surface area (Å²) in [6.07, 6.45) is 3.93. The number of nitrogen functional groups attached to an aromatic ring is 1. The third-order valence-electron chi connectivity index (χ3n) is 3.11. The first-order valence-corrected chi connectivity index (χ1v) is 7.13. The third-order valence-corrected chi connectivity index (χ3v) is 3.60. The van der Waals surface area contributed by atoms with Crippen LogP contribution in [0.3, 0.4) is 0 Å². The van der Waals surface area contributed by atoms with Gasteiger partial charge in [0.05, 0.1) is 12.7 Å². The van der Waals surface area contributed by atoms with Crippen molar-refractivity contribution in [3.05, 3.63) is 71.0 Å². The van der Waals surface area contributed by atoms with Gasteiger partial charge in [0.2, 0.25) is 0 Å². The number of halogens is 1. The van der Waals surface area contributed by atoms with Crippen molar-refractivity contribution in [1.82, 2.24) is 9.78 Å². The zero-order valence-corrected chi connectivity index (χ0v) is 12.4. The molecule has 3 nitrogen and oxygen atoms in total. The van der Waals surface area contributed by atoms with Crippen LogP contribution in [0, 0.1) is 0 Å². The molecule has 0 fully saturated rings. The molecule has 4 heteroatoms. The van der Waals surface area contributed by atoms with Gasteiger partial charge in [0, 0.05) is 21.9 Å². The lowest BCUT2D eigenvalue weighted by Gasteiger charge is -2.02. The topological polar surface area (TPSA) is 43.8 Å². The van der Waals surface area contributed by atoms with E-state index in [1.165, 1.54) is 5.56 Å². The summed E-state index contributed by atoms with van der Waals surface area (Å²) in [6.45, 7) is 0.758. The fourth-order valence-electron chi connectivity index (χ4n) is 2.10. The number of hydrogen-bond acceptors (Lipinski definition) is 2.